The number of nitrogens with zero attached hydrogens (tertiary/aromatic N) is 1. The Morgan fingerprint density at radius 1 is 1.15 bits per heavy atom. The van der Waals surface area contributed by atoms with Crippen LogP contribution in [0.2, 0.25) is 0 Å². The van der Waals surface area contributed by atoms with Crippen molar-refractivity contribution in [1.29, 1.82) is 0 Å². The van der Waals surface area contributed by atoms with Crippen molar-refractivity contribution in [3.63, 3.8) is 0 Å². The van der Waals surface area contributed by atoms with Crippen LogP contribution in [-0.4, -0.2) is 55.4 Å². The number of amides is 3. The van der Waals surface area contributed by atoms with Gasteiger partial charge in [-0.2, -0.15) is 0 Å². The van der Waals surface area contributed by atoms with E-state index in [2.05, 4.69) is 10.6 Å². The molecule has 1 saturated carbocycles. The molecule has 2 fully saturated rings. The summed E-state index contributed by atoms with van der Waals surface area (Å²) in [7, 11) is -3.08. The Bertz CT molecular complexity index is 837. The van der Waals surface area contributed by atoms with Gasteiger partial charge in [-0.3, -0.25) is 15.0 Å². The van der Waals surface area contributed by atoms with Gasteiger partial charge in [-0.05, 0) is 49.9 Å². The summed E-state index contributed by atoms with van der Waals surface area (Å²) in [6, 6.07) is 4.85. The zero-order valence-electron chi connectivity index (χ0n) is 15.8. The fourth-order valence-electron chi connectivity index (χ4n) is 4.00. The maximum atomic E-state index is 12.3. The second kappa shape index (κ2) is 7.98. The predicted octanol–water partition coefficient (Wildman–Crippen LogP) is 1.99. The molecule has 1 heterocycles. The summed E-state index contributed by atoms with van der Waals surface area (Å²) in [5, 5.41) is 4.63. The van der Waals surface area contributed by atoms with Gasteiger partial charge in [0.15, 0.2) is 9.84 Å². The number of imide groups is 1. The fraction of sp³-hybridized carbons (Fsp3) is 0.579. The molecule has 1 aromatic carbocycles. The summed E-state index contributed by atoms with van der Waals surface area (Å²) < 4.78 is 24.6. The maximum absolute atomic E-state index is 12.3. The number of nitrogens with one attached hydrogen (secondary N) is 2. The molecule has 2 atom stereocenters. The molecule has 0 spiro atoms. The van der Waals surface area contributed by atoms with Gasteiger partial charge < -0.3 is 5.32 Å². The minimum Gasteiger partial charge on any atom is -0.308 e. The molecule has 0 bridgehead atoms. The van der Waals surface area contributed by atoms with Gasteiger partial charge in [-0.15, -0.1) is 0 Å². The van der Waals surface area contributed by atoms with E-state index in [0.717, 1.165) is 30.4 Å². The van der Waals surface area contributed by atoms with Crippen molar-refractivity contribution >= 4 is 27.5 Å². The number of benzene rings is 1. The van der Waals surface area contributed by atoms with Gasteiger partial charge in [0.2, 0.25) is 5.91 Å². The van der Waals surface area contributed by atoms with Crippen LogP contribution >= 0.6 is 0 Å². The highest BCUT2D eigenvalue weighted by Gasteiger charge is 2.42. The number of sulfone groups is 1. The van der Waals surface area contributed by atoms with Crippen molar-refractivity contribution in [3.8, 4) is 0 Å². The summed E-state index contributed by atoms with van der Waals surface area (Å²) in [6.45, 7) is 4.32. The van der Waals surface area contributed by atoms with Crippen LogP contribution in [0.15, 0.2) is 18.2 Å². The van der Waals surface area contributed by atoms with E-state index in [0.29, 0.717) is 18.7 Å². The number of anilines is 1. The van der Waals surface area contributed by atoms with Crippen molar-refractivity contribution in [2.45, 2.75) is 50.8 Å². The van der Waals surface area contributed by atoms with Crippen LogP contribution in [0.5, 0.6) is 0 Å². The lowest BCUT2D eigenvalue weighted by Crippen LogP contribution is -2.58. The van der Waals surface area contributed by atoms with E-state index in [4.69, 9.17) is 0 Å². The Morgan fingerprint density at radius 2 is 1.89 bits per heavy atom. The Labute approximate surface area is 160 Å². The Balaban J connectivity index is 1.56. The molecular formula is C19H27N3O4S. The van der Waals surface area contributed by atoms with Crippen molar-refractivity contribution in [1.82, 2.24) is 10.2 Å². The molecule has 148 valence electrons. The topological polar surface area (TPSA) is 95.6 Å². The highest BCUT2D eigenvalue weighted by atomic mass is 32.2. The second-order valence-corrected chi connectivity index (χ2v) is 9.87. The van der Waals surface area contributed by atoms with Crippen LogP contribution in [0.3, 0.4) is 0 Å². The number of hydrogen-bond acceptors (Lipinski definition) is 5. The van der Waals surface area contributed by atoms with Crippen molar-refractivity contribution in [2.24, 2.45) is 0 Å². The van der Waals surface area contributed by atoms with E-state index in [1.165, 1.54) is 0 Å². The lowest BCUT2D eigenvalue weighted by atomic mass is 9.93. The van der Waals surface area contributed by atoms with Gasteiger partial charge in [0, 0.05) is 18.3 Å². The molecule has 2 N–H and O–H groups in total. The number of aryl methyl sites for hydroxylation is 2. The smallest absolute Gasteiger partial charge is 0.308 e. The number of carbonyl (C=O) groups is 2. The Morgan fingerprint density at radius 3 is 2.63 bits per heavy atom. The molecule has 2 unspecified atom stereocenters. The first-order chi connectivity index (χ1) is 12.8. The summed E-state index contributed by atoms with van der Waals surface area (Å²) in [5.41, 5.74) is 2.80. The Hall–Kier alpha value is -1.93. The van der Waals surface area contributed by atoms with Crippen molar-refractivity contribution < 1.29 is 18.0 Å². The van der Waals surface area contributed by atoms with E-state index in [-0.39, 0.29) is 23.6 Å². The highest BCUT2D eigenvalue weighted by molar-refractivity contribution is 7.92. The van der Waals surface area contributed by atoms with Gasteiger partial charge >= 0.3 is 6.03 Å². The van der Waals surface area contributed by atoms with E-state index in [1.54, 1.807) is 6.07 Å². The normalized spacial score (nSPS) is 24.7. The van der Waals surface area contributed by atoms with Gasteiger partial charge in [0.1, 0.15) is 0 Å². The zero-order chi connectivity index (χ0) is 19.6. The molecule has 1 aliphatic heterocycles. The molecule has 0 radical (unpaired) electrons. The van der Waals surface area contributed by atoms with Gasteiger partial charge in [0.05, 0.1) is 17.5 Å². The van der Waals surface area contributed by atoms with E-state index in [1.807, 2.05) is 30.9 Å². The quantitative estimate of drug-likeness (QED) is 0.819. The fourth-order valence-corrected chi connectivity index (χ4v) is 6.11. The number of fused-ring (bicyclic) bond motifs is 1. The van der Waals surface area contributed by atoms with Crippen molar-refractivity contribution in [2.75, 3.05) is 24.2 Å². The first-order valence-electron chi connectivity index (χ1n) is 9.40. The van der Waals surface area contributed by atoms with Crippen LogP contribution < -0.4 is 10.6 Å². The molecular weight excluding hydrogens is 366 g/mol. The number of urea groups is 1. The molecule has 0 aromatic heterocycles. The first-order valence-corrected chi connectivity index (χ1v) is 11.1. The molecule has 1 saturated heterocycles. The summed E-state index contributed by atoms with van der Waals surface area (Å²) in [5.74, 6) is -0.337. The van der Waals surface area contributed by atoms with Gasteiger partial charge in [-0.25, -0.2) is 13.2 Å². The zero-order valence-corrected chi connectivity index (χ0v) is 16.6. The SMILES string of the molecule is Cc1ccc(NC(=O)NC(=O)CN2CCS(=O)(=O)C3CCCCC32)cc1C. The second-order valence-electron chi connectivity index (χ2n) is 7.53. The van der Waals surface area contributed by atoms with E-state index < -0.39 is 21.8 Å². The number of carbonyl (C=O) groups excluding carboxylic acids is 2. The molecule has 8 heteroatoms. The van der Waals surface area contributed by atoms with Crippen LogP contribution in [-0.2, 0) is 14.6 Å². The molecule has 3 amide bonds. The third kappa shape index (κ3) is 4.68. The third-order valence-electron chi connectivity index (χ3n) is 5.63. The van der Waals surface area contributed by atoms with E-state index in [9.17, 15) is 18.0 Å². The Kier molecular flexibility index (Phi) is 5.86. The number of hydrogen-bond donors (Lipinski definition) is 2. The first kappa shape index (κ1) is 19.8. The van der Waals surface area contributed by atoms with E-state index >= 15 is 0 Å². The highest BCUT2D eigenvalue weighted by Crippen LogP contribution is 2.31. The summed E-state index contributed by atoms with van der Waals surface area (Å²) >= 11 is 0. The lowest BCUT2D eigenvalue weighted by molar-refractivity contribution is -0.121. The third-order valence-corrected chi connectivity index (χ3v) is 7.85. The molecule has 27 heavy (non-hydrogen) atoms. The standard InChI is InChI=1S/C19H27N3O4S/c1-13-7-8-15(11-14(13)2)20-19(24)21-18(23)12-22-9-10-27(25,26)17-6-4-3-5-16(17)22/h7-8,11,16-17H,3-6,9-10,12H2,1-2H3,(H2,20,21,23,24). The lowest BCUT2D eigenvalue weighted by Gasteiger charge is -2.43. The molecule has 3 rings (SSSR count). The van der Waals surface area contributed by atoms with Gasteiger partial charge in [-0.1, -0.05) is 18.9 Å². The van der Waals surface area contributed by atoms with Crippen LogP contribution in [0.1, 0.15) is 36.8 Å². The average Bonchev–Trinajstić information content (AvgIpc) is 2.61. The molecule has 1 aliphatic carbocycles. The maximum Gasteiger partial charge on any atom is 0.325 e. The average molecular weight is 394 g/mol. The largest absolute Gasteiger partial charge is 0.325 e. The number of rotatable bonds is 3. The minimum absolute atomic E-state index is 0.0387. The van der Waals surface area contributed by atoms with Crippen LogP contribution in [0, 0.1) is 13.8 Å². The molecule has 7 nitrogen and oxygen atoms in total. The van der Waals surface area contributed by atoms with Gasteiger partial charge in [0.25, 0.3) is 0 Å². The van der Waals surface area contributed by atoms with Crippen LogP contribution in [0.25, 0.3) is 0 Å². The summed E-state index contributed by atoms with van der Waals surface area (Å²) in [6.07, 6.45) is 3.34. The molecule has 2 aliphatic rings. The minimum atomic E-state index is -3.08. The van der Waals surface area contributed by atoms with Crippen molar-refractivity contribution in [3.05, 3.63) is 29.3 Å². The monoisotopic (exact) mass is 393 g/mol. The summed E-state index contributed by atoms with van der Waals surface area (Å²) in [4.78, 5) is 26.3. The van der Waals surface area contributed by atoms with Crippen LogP contribution in [0.4, 0.5) is 10.5 Å². The molecule has 1 aromatic rings. The predicted molar refractivity (Wildman–Crippen MR) is 104 cm³/mol.